The van der Waals surface area contributed by atoms with Gasteiger partial charge in [0, 0.05) is 0 Å². The fourth-order valence-corrected chi connectivity index (χ4v) is 0.867. The fourth-order valence-electron chi connectivity index (χ4n) is 0.867. The molecule has 0 aliphatic carbocycles. The summed E-state index contributed by atoms with van der Waals surface area (Å²) in [6.45, 7) is 14.6. The molecule has 0 unspecified atom stereocenters. The average Bonchev–Trinajstić information content (AvgIpc) is 2.28. The first-order valence-corrected chi connectivity index (χ1v) is 4.89. The highest BCUT2D eigenvalue weighted by Crippen LogP contribution is 2.20. The standard InChI is InChI=1S/C15H13F3/c1-6-7-10(2)14(17)8-11(3)12(4)9-15(18)13(5)16/h8-9H,2-5H2,1H3/b14-8+,15-9+. The Morgan fingerprint density at radius 1 is 0.889 bits per heavy atom. The maximum absolute atomic E-state index is 13.4. The van der Waals surface area contributed by atoms with Gasteiger partial charge < -0.3 is 0 Å². The minimum absolute atomic E-state index is 0.0224. The first-order valence-electron chi connectivity index (χ1n) is 4.89. The van der Waals surface area contributed by atoms with E-state index in [1.54, 1.807) is 0 Å². The summed E-state index contributed by atoms with van der Waals surface area (Å²) in [6, 6.07) is 0. The Labute approximate surface area is 105 Å². The molecule has 0 bridgehead atoms. The highest BCUT2D eigenvalue weighted by atomic mass is 19.2. The molecular weight excluding hydrogens is 237 g/mol. The van der Waals surface area contributed by atoms with E-state index in [0.29, 0.717) is 0 Å². The van der Waals surface area contributed by atoms with E-state index in [1.165, 1.54) is 6.92 Å². The number of rotatable bonds is 5. The summed E-state index contributed by atoms with van der Waals surface area (Å²) in [5, 5.41) is 0. The van der Waals surface area contributed by atoms with Crippen LogP contribution in [0.4, 0.5) is 13.2 Å². The molecule has 0 aromatic rings. The molecular formula is C15H13F3. The van der Waals surface area contributed by atoms with Gasteiger partial charge in [0.1, 0.15) is 5.83 Å². The Hall–Kier alpha value is -2.21. The Kier molecular flexibility index (Phi) is 6.30. The molecule has 18 heavy (non-hydrogen) atoms. The zero-order valence-corrected chi connectivity index (χ0v) is 10.1. The summed E-state index contributed by atoms with van der Waals surface area (Å²) >= 11 is 0. The van der Waals surface area contributed by atoms with Gasteiger partial charge in [-0.1, -0.05) is 32.2 Å². The molecule has 0 rings (SSSR count). The molecule has 0 fully saturated rings. The zero-order valence-electron chi connectivity index (χ0n) is 10.1. The Morgan fingerprint density at radius 3 is 1.72 bits per heavy atom. The molecule has 0 aromatic carbocycles. The lowest BCUT2D eigenvalue weighted by molar-refractivity contribution is 0.547. The average molecular weight is 250 g/mol. The maximum Gasteiger partial charge on any atom is 0.158 e. The third-order valence-corrected chi connectivity index (χ3v) is 1.84. The normalized spacial score (nSPS) is 11.3. The highest BCUT2D eigenvalue weighted by Gasteiger charge is 2.04. The van der Waals surface area contributed by atoms with Crippen molar-refractivity contribution in [2.24, 2.45) is 0 Å². The lowest BCUT2D eigenvalue weighted by Gasteiger charge is -2.01. The van der Waals surface area contributed by atoms with Crippen molar-refractivity contribution in [3.8, 4) is 11.8 Å². The minimum atomic E-state index is -1.23. The van der Waals surface area contributed by atoms with E-state index in [2.05, 4.69) is 38.2 Å². The highest BCUT2D eigenvalue weighted by molar-refractivity contribution is 5.50. The lowest BCUT2D eigenvalue weighted by Crippen LogP contribution is -1.85. The van der Waals surface area contributed by atoms with Gasteiger partial charge in [0.25, 0.3) is 0 Å². The summed E-state index contributed by atoms with van der Waals surface area (Å²) in [7, 11) is 0. The van der Waals surface area contributed by atoms with Crippen LogP contribution in [0.1, 0.15) is 6.92 Å². The Balaban J connectivity index is 4.98. The van der Waals surface area contributed by atoms with Crippen LogP contribution in [0.5, 0.6) is 0 Å². The Bertz CT molecular complexity index is 520. The van der Waals surface area contributed by atoms with Crippen LogP contribution in [0, 0.1) is 11.8 Å². The molecule has 0 heterocycles. The van der Waals surface area contributed by atoms with E-state index in [4.69, 9.17) is 0 Å². The summed E-state index contributed by atoms with van der Waals surface area (Å²) in [5.41, 5.74) is 0.0902. The molecule has 3 heteroatoms. The van der Waals surface area contributed by atoms with E-state index in [1.807, 2.05) is 0 Å². The molecule has 0 amide bonds. The van der Waals surface area contributed by atoms with Crippen LogP contribution in [0.15, 0.2) is 72.7 Å². The molecule has 0 saturated heterocycles. The van der Waals surface area contributed by atoms with Crippen molar-refractivity contribution in [2.75, 3.05) is 0 Å². The van der Waals surface area contributed by atoms with Crippen LogP contribution in [0.2, 0.25) is 0 Å². The summed E-state index contributed by atoms with van der Waals surface area (Å²) in [4.78, 5) is 0. The summed E-state index contributed by atoms with van der Waals surface area (Å²) < 4.78 is 38.7. The second kappa shape index (κ2) is 7.18. The topological polar surface area (TPSA) is 0 Å². The van der Waals surface area contributed by atoms with Crippen LogP contribution in [-0.4, -0.2) is 0 Å². The first kappa shape index (κ1) is 15.8. The molecule has 94 valence electrons. The van der Waals surface area contributed by atoms with Crippen molar-refractivity contribution >= 4 is 0 Å². The van der Waals surface area contributed by atoms with Gasteiger partial charge in [0.15, 0.2) is 11.7 Å². The van der Waals surface area contributed by atoms with Gasteiger partial charge in [0.2, 0.25) is 0 Å². The van der Waals surface area contributed by atoms with Gasteiger partial charge in [-0.3, -0.25) is 0 Å². The number of hydrogen-bond donors (Lipinski definition) is 0. The number of halogens is 3. The zero-order chi connectivity index (χ0) is 14.3. The van der Waals surface area contributed by atoms with Crippen LogP contribution in [0.25, 0.3) is 0 Å². The van der Waals surface area contributed by atoms with E-state index in [0.717, 1.165) is 12.2 Å². The molecule has 0 aliphatic heterocycles. The van der Waals surface area contributed by atoms with Crippen LogP contribution < -0.4 is 0 Å². The van der Waals surface area contributed by atoms with Gasteiger partial charge in [0.05, 0.1) is 5.57 Å². The molecule has 0 radical (unpaired) electrons. The van der Waals surface area contributed by atoms with E-state index < -0.39 is 17.5 Å². The summed E-state index contributed by atoms with van der Waals surface area (Å²) in [5.74, 6) is 1.80. The van der Waals surface area contributed by atoms with Gasteiger partial charge >= 0.3 is 0 Å². The molecule has 0 nitrogen and oxygen atoms in total. The predicted octanol–water partition coefficient (Wildman–Crippen LogP) is 4.87. The van der Waals surface area contributed by atoms with Gasteiger partial charge in [-0.25, -0.2) is 13.2 Å². The second-order valence-corrected chi connectivity index (χ2v) is 3.29. The molecule has 0 aliphatic rings. The van der Waals surface area contributed by atoms with Crippen LogP contribution in [0.3, 0.4) is 0 Å². The van der Waals surface area contributed by atoms with Crippen molar-refractivity contribution in [1.29, 1.82) is 0 Å². The Morgan fingerprint density at radius 2 is 1.33 bits per heavy atom. The lowest BCUT2D eigenvalue weighted by atomic mass is 10.1. The molecule has 0 saturated carbocycles. The monoisotopic (exact) mass is 250 g/mol. The van der Waals surface area contributed by atoms with Crippen molar-refractivity contribution in [3.63, 3.8) is 0 Å². The van der Waals surface area contributed by atoms with Gasteiger partial charge in [-0.15, -0.1) is 5.92 Å². The quantitative estimate of drug-likeness (QED) is 0.482. The largest absolute Gasteiger partial charge is 0.206 e. The van der Waals surface area contributed by atoms with E-state index in [-0.39, 0.29) is 16.7 Å². The molecule has 0 spiro atoms. The molecule has 0 N–H and O–H groups in total. The summed E-state index contributed by atoms with van der Waals surface area (Å²) in [6.07, 6.45) is 1.78. The maximum atomic E-state index is 13.4. The van der Waals surface area contributed by atoms with E-state index >= 15 is 0 Å². The SMILES string of the molecule is C=C(/C=C(/F)C(=C)F)C(=C)/C=C(/F)C(=C)C#CC. The van der Waals surface area contributed by atoms with Gasteiger partial charge in [-0.2, -0.15) is 0 Å². The van der Waals surface area contributed by atoms with Gasteiger partial charge in [-0.05, 0) is 30.2 Å². The second-order valence-electron chi connectivity index (χ2n) is 3.29. The van der Waals surface area contributed by atoms with Crippen LogP contribution in [-0.2, 0) is 0 Å². The molecule has 0 aromatic heterocycles. The fraction of sp³-hybridized carbons (Fsp3) is 0.0667. The van der Waals surface area contributed by atoms with Crippen molar-refractivity contribution in [2.45, 2.75) is 6.92 Å². The first-order chi connectivity index (χ1) is 8.29. The van der Waals surface area contributed by atoms with E-state index in [9.17, 15) is 13.2 Å². The van der Waals surface area contributed by atoms with Crippen molar-refractivity contribution in [1.82, 2.24) is 0 Å². The predicted molar refractivity (Wildman–Crippen MR) is 69.5 cm³/mol. The minimum Gasteiger partial charge on any atom is -0.206 e. The smallest absolute Gasteiger partial charge is 0.158 e. The van der Waals surface area contributed by atoms with Crippen LogP contribution >= 0.6 is 0 Å². The van der Waals surface area contributed by atoms with Crippen molar-refractivity contribution in [3.05, 3.63) is 72.7 Å². The van der Waals surface area contributed by atoms with Crippen molar-refractivity contribution < 1.29 is 13.2 Å². The number of hydrogen-bond acceptors (Lipinski definition) is 0. The number of allylic oxidation sites excluding steroid dienone is 8. The third kappa shape index (κ3) is 5.22. The third-order valence-electron chi connectivity index (χ3n) is 1.84. The molecule has 0 atom stereocenters.